The Morgan fingerprint density at radius 3 is 2.58 bits per heavy atom. The highest BCUT2D eigenvalue weighted by Crippen LogP contribution is 2.23. The average molecular weight is 355 g/mol. The van der Waals surface area contributed by atoms with E-state index in [1.165, 1.54) is 6.07 Å². The van der Waals surface area contributed by atoms with Gasteiger partial charge in [0.05, 0.1) is 16.4 Å². The molecule has 0 radical (unpaired) electrons. The number of amides is 1. The number of hydrogen-bond acceptors (Lipinski definition) is 6. The van der Waals surface area contributed by atoms with Crippen molar-refractivity contribution in [2.75, 3.05) is 29.9 Å². The third kappa shape index (κ3) is 5.48. The molecule has 1 aliphatic heterocycles. The largest absolute Gasteiger partial charge is 0.379 e. The number of rotatable bonds is 7. The highest BCUT2D eigenvalue weighted by Gasteiger charge is 2.23. The maximum Gasteiger partial charge on any atom is 0.292 e. The molecule has 9 heteroatoms. The summed E-state index contributed by atoms with van der Waals surface area (Å²) in [5, 5.41) is 16.6. The molecule has 0 aliphatic carbocycles. The minimum Gasteiger partial charge on any atom is -0.379 e. The second-order valence-electron chi connectivity index (χ2n) is 5.85. The van der Waals surface area contributed by atoms with Gasteiger partial charge in [-0.05, 0) is 24.8 Å². The first-order chi connectivity index (χ1) is 11.4. The van der Waals surface area contributed by atoms with Crippen molar-refractivity contribution in [1.82, 2.24) is 5.32 Å². The Morgan fingerprint density at radius 1 is 1.25 bits per heavy atom. The summed E-state index contributed by atoms with van der Waals surface area (Å²) in [4.78, 5) is 22.2. The van der Waals surface area contributed by atoms with Gasteiger partial charge in [-0.1, -0.05) is 12.1 Å². The Labute approximate surface area is 140 Å². The normalized spacial score (nSPS) is 17.2. The highest BCUT2D eigenvalue weighted by molar-refractivity contribution is 7.91. The summed E-state index contributed by atoms with van der Waals surface area (Å²) in [5.74, 6) is 0.412. The van der Waals surface area contributed by atoms with E-state index in [1.54, 1.807) is 18.2 Å². The lowest BCUT2D eigenvalue weighted by atomic mass is 10.0. The topological polar surface area (TPSA) is 118 Å². The van der Waals surface area contributed by atoms with Crippen LogP contribution in [0.1, 0.15) is 19.3 Å². The van der Waals surface area contributed by atoms with E-state index in [4.69, 9.17) is 0 Å². The van der Waals surface area contributed by atoms with Gasteiger partial charge in [0.25, 0.3) is 5.69 Å². The molecule has 0 saturated carbocycles. The van der Waals surface area contributed by atoms with Crippen LogP contribution >= 0.6 is 0 Å². The predicted octanol–water partition coefficient (Wildman–Crippen LogP) is 1.34. The zero-order chi connectivity index (χ0) is 17.6. The van der Waals surface area contributed by atoms with Crippen molar-refractivity contribution < 1.29 is 18.1 Å². The van der Waals surface area contributed by atoms with E-state index in [0.717, 1.165) is 0 Å². The molecular weight excluding hydrogens is 334 g/mol. The standard InChI is InChI=1S/C15H21N3O5S/c19-15(17-11-12-6-9-24(22,23)10-7-12)5-8-16-13-3-1-2-4-14(13)18(20)21/h1-4,12,16H,5-11H2,(H,17,19). The molecule has 1 aromatic carbocycles. The summed E-state index contributed by atoms with van der Waals surface area (Å²) < 4.78 is 22.7. The van der Waals surface area contributed by atoms with Crippen LogP contribution in [0.2, 0.25) is 0 Å². The fourth-order valence-electron chi connectivity index (χ4n) is 2.58. The number of sulfone groups is 1. The van der Waals surface area contributed by atoms with Gasteiger partial charge in [-0.25, -0.2) is 8.42 Å². The van der Waals surface area contributed by atoms with Gasteiger partial charge in [-0.3, -0.25) is 14.9 Å². The zero-order valence-corrected chi connectivity index (χ0v) is 14.0. The minimum absolute atomic E-state index is 0.0266. The van der Waals surface area contributed by atoms with E-state index in [1.807, 2.05) is 0 Å². The summed E-state index contributed by atoms with van der Waals surface area (Å²) in [6.45, 7) is 0.759. The van der Waals surface area contributed by atoms with Gasteiger partial charge in [0.2, 0.25) is 5.91 Å². The third-order valence-electron chi connectivity index (χ3n) is 4.03. The SMILES string of the molecule is O=C(CCNc1ccccc1[N+](=O)[O-])NCC1CCS(=O)(=O)CC1. The summed E-state index contributed by atoms with van der Waals surface area (Å²) in [6.07, 6.45) is 1.35. The van der Waals surface area contributed by atoms with Crippen LogP contribution in [-0.4, -0.2) is 43.8 Å². The van der Waals surface area contributed by atoms with Crippen molar-refractivity contribution in [1.29, 1.82) is 0 Å². The molecule has 1 saturated heterocycles. The molecule has 2 N–H and O–H groups in total. The number of anilines is 1. The summed E-state index contributed by atoms with van der Waals surface area (Å²) >= 11 is 0. The fourth-order valence-corrected chi connectivity index (χ4v) is 4.17. The lowest BCUT2D eigenvalue weighted by Crippen LogP contribution is -2.34. The van der Waals surface area contributed by atoms with E-state index < -0.39 is 14.8 Å². The Morgan fingerprint density at radius 2 is 1.92 bits per heavy atom. The van der Waals surface area contributed by atoms with Crippen molar-refractivity contribution in [3.05, 3.63) is 34.4 Å². The van der Waals surface area contributed by atoms with Crippen LogP contribution in [0.4, 0.5) is 11.4 Å². The lowest BCUT2D eigenvalue weighted by Gasteiger charge is -2.22. The van der Waals surface area contributed by atoms with Gasteiger partial charge < -0.3 is 10.6 Å². The second kappa shape index (κ2) is 8.09. The smallest absolute Gasteiger partial charge is 0.292 e. The Balaban J connectivity index is 1.70. The minimum atomic E-state index is -2.89. The van der Waals surface area contributed by atoms with Gasteiger partial charge in [-0.15, -0.1) is 0 Å². The third-order valence-corrected chi connectivity index (χ3v) is 5.75. The van der Waals surface area contributed by atoms with Crippen LogP contribution in [0, 0.1) is 16.0 Å². The molecule has 1 aliphatic rings. The highest BCUT2D eigenvalue weighted by atomic mass is 32.2. The first-order valence-corrected chi connectivity index (χ1v) is 9.64. The van der Waals surface area contributed by atoms with E-state index in [2.05, 4.69) is 10.6 Å². The first-order valence-electron chi connectivity index (χ1n) is 7.82. The van der Waals surface area contributed by atoms with Crippen molar-refractivity contribution in [2.24, 2.45) is 5.92 Å². The molecular formula is C15H21N3O5S. The molecule has 1 fully saturated rings. The van der Waals surface area contributed by atoms with Gasteiger partial charge in [0.1, 0.15) is 15.5 Å². The van der Waals surface area contributed by atoms with Crippen LogP contribution in [0.25, 0.3) is 0 Å². The number of nitro benzene ring substituents is 1. The van der Waals surface area contributed by atoms with Gasteiger partial charge in [-0.2, -0.15) is 0 Å². The molecule has 132 valence electrons. The number of nitrogens with one attached hydrogen (secondary N) is 2. The van der Waals surface area contributed by atoms with Gasteiger partial charge in [0, 0.05) is 25.6 Å². The Kier molecular flexibility index (Phi) is 6.13. The number of carbonyl (C=O) groups excluding carboxylic acids is 1. The van der Waals surface area contributed by atoms with Crippen molar-refractivity contribution in [3.63, 3.8) is 0 Å². The summed E-state index contributed by atoms with van der Waals surface area (Å²) in [5.41, 5.74) is 0.356. The number of carbonyl (C=O) groups is 1. The van der Waals surface area contributed by atoms with E-state index >= 15 is 0 Å². The summed E-state index contributed by atoms with van der Waals surface area (Å²) in [6, 6.07) is 6.27. The number of hydrogen-bond donors (Lipinski definition) is 2. The Hall–Kier alpha value is -2.16. The molecule has 0 aromatic heterocycles. The predicted molar refractivity (Wildman–Crippen MR) is 90.6 cm³/mol. The lowest BCUT2D eigenvalue weighted by molar-refractivity contribution is -0.384. The first kappa shape index (κ1) is 18.2. The Bertz CT molecular complexity index is 691. The van der Waals surface area contributed by atoms with Crippen molar-refractivity contribution in [2.45, 2.75) is 19.3 Å². The van der Waals surface area contributed by atoms with Gasteiger partial charge in [0.15, 0.2) is 0 Å². The van der Waals surface area contributed by atoms with Crippen LogP contribution in [0.5, 0.6) is 0 Å². The van der Waals surface area contributed by atoms with Crippen LogP contribution in [0.3, 0.4) is 0 Å². The number of nitrogens with zero attached hydrogens (tertiary/aromatic N) is 1. The maximum atomic E-state index is 11.8. The maximum absolute atomic E-state index is 11.8. The quantitative estimate of drug-likeness (QED) is 0.563. The molecule has 1 heterocycles. The number of nitro groups is 1. The molecule has 0 unspecified atom stereocenters. The average Bonchev–Trinajstić information content (AvgIpc) is 2.54. The van der Waals surface area contributed by atoms with Crippen LogP contribution in [0.15, 0.2) is 24.3 Å². The van der Waals surface area contributed by atoms with Crippen LogP contribution < -0.4 is 10.6 Å². The van der Waals surface area contributed by atoms with E-state index in [0.29, 0.717) is 25.1 Å². The molecule has 8 nitrogen and oxygen atoms in total. The fraction of sp³-hybridized carbons (Fsp3) is 0.533. The monoisotopic (exact) mass is 355 g/mol. The summed E-state index contributed by atoms with van der Waals surface area (Å²) in [7, 11) is -2.89. The van der Waals surface area contributed by atoms with Crippen LogP contribution in [-0.2, 0) is 14.6 Å². The second-order valence-corrected chi connectivity index (χ2v) is 8.15. The molecule has 0 atom stereocenters. The molecule has 1 aromatic rings. The molecule has 2 rings (SSSR count). The van der Waals surface area contributed by atoms with Gasteiger partial charge >= 0.3 is 0 Å². The molecule has 0 spiro atoms. The molecule has 1 amide bonds. The zero-order valence-electron chi connectivity index (χ0n) is 13.2. The number of para-hydroxylation sites is 2. The molecule has 24 heavy (non-hydrogen) atoms. The van der Waals surface area contributed by atoms with E-state index in [9.17, 15) is 23.3 Å². The van der Waals surface area contributed by atoms with Crippen molar-refractivity contribution >= 4 is 27.1 Å². The molecule has 0 bridgehead atoms. The number of benzene rings is 1. The van der Waals surface area contributed by atoms with E-state index in [-0.39, 0.29) is 42.0 Å². The van der Waals surface area contributed by atoms with Crippen molar-refractivity contribution in [3.8, 4) is 0 Å².